The van der Waals surface area contributed by atoms with Crippen LogP contribution in [0.1, 0.15) is 36.2 Å². The number of nitrogens with zero attached hydrogens (tertiary/aromatic N) is 1. The van der Waals surface area contributed by atoms with Gasteiger partial charge in [0.1, 0.15) is 0 Å². The first-order chi connectivity index (χ1) is 11.1. The number of ether oxygens (including phenoxy) is 3. The molecule has 3 aliphatic heterocycles. The third-order valence-corrected chi connectivity index (χ3v) is 5.98. The Morgan fingerprint density at radius 1 is 1.13 bits per heavy atom. The van der Waals surface area contributed by atoms with Gasteiger partial charge >= 0.3 is 0 Å². The van der Waals surface area contributed by atoms with Gasteiger partial charge in [-0.1, -0.05) is 0 Å². The molecule has 0 unspecified atom stereocenters. The van der Waals surface area contributed by atoms with E-state index in [2.05, 4.69) is 11.9 Å². The van der Waals surface area contributed by atoms with Crippen molar-refractivity contribution in [3.8, 4) is 11.5 Å². The predicted molar refractivity (Wildman–Crippen MR) is 80.3 cm³/mol. The molecule has 0 spiro atoms. The number of aliphatic hydroxyl groups excluding tert-OH is 2. The summed E-state index contributed by atoms with van der Waals surface area (Å²) < 4.78 is 16.8. The molecule has 3 heterocycles. The summed E-state index contributed by atoms with van der Waals surface area (Å²) in [5.41, 5.74) is 1.77. The monoisotopic (exact) mass is 319 g/mol. The van der Waals surface area contributed by atoms with Gasteiger partial charge in [-0.3, -0.25) is 0 Å². The molecule has 4 aliphatic rings. The van der Waals surface area contributed by atoms with Crippen molar-refractivity contribution in [1.29, 1.82) is 0 Å². The fourth-order valence-electron chi connectivity index (χ4n) is 4.99. The van der Waals surface area contributed by atoms with Crippen LogP contribution in [0.5, 0.6) is 11.5 Å². The fraction of sp³-hybridized carbons (Fsp3) is 0.647. The van der Waals surface area contributed by atoms with Crippen LogP contribution in [0.15, 0.2) is 12.1 Å². The molecule has 2 N–H and O–H groups in total. The minimum Gasteiger partial charge on any atom is -0.454 e. The SMILES string of the molecule is CN1CC[C@@H]2C[C@H](O)[C@H]3O[C@@H](O)c4cc5c(cc4[C@H]3[C@@H]21)OCO5. The molecule has 124 valence electrons. The zero-order valence-electron chi connectivity index (χ0n) is 13.0. The van der Waals surface area contributed by atoms with Crippen LogP contribution in [0.2, 0.25) is 0 Å². The highest BCUT2D eigenvalue weighted by molar-refractivity contribution is 5.52. The number of fused-ring (bicyclic) bond motifs is 6. The van der Waals surface area contributed by atoms with Gasteiger partial charge in [0.25, 0.3) is 0 Å². The van der Waals surface area contributed by atoms with E-state index >= 15 is 0 Å². The Morgan fingerprint density at radius 3 is 2.65 bits per heavy atom. The van der Waals surface area contributed by atoms with Crippen LogP contribution in [0.25, 0.3) is 0 Å². The third-order valence-electron chi connectivity index (χ3n) is 5.98. The predicted octanol–water partition coefficient (Wildman–Crippen LogP) is 0.974. The average Bonchev–Trinajstić information content (AvgIpc) is 3.13. The van der Waals surface area contributed by atoms with E-state index in [1.807, 2.05) is 12.1 Å². The number of hydrogen-bond acceptors (Lipinski definition) is 6. The topological polar surface area (TPSA) is 71.4 Å². The van der Waals surface area contributed by atoms with E-state index in [0.717, 1.165) is 30.5 Å². The van der Waals surface area contributed by atoms with Crippen LogP contribution in [0.4, 0.5) is 0 Å². The van der Waals surface area contributed by atoms with Crippen LogP contribution in [-0.4, -0.2) is 53.7 Å². The van der Waals surface area contributed by atoms with Gasteiger partial charge < -0.3 is 29.3 Å². The number of likely N-dealkylation sites (N-methyl/N-ethyl adjacent to an activating group) is 1. The standard InChI is InChI=1S/C17H21NO5/c1-18-3-2-8-4-11(19)16-14(15(8)18)9-5-12-13(22-7-21-12)6-10(9)17(20)23-16/h5-6,8,11,14-17,19-20H,2-4,7H2,1H3/t8-,11+,14+,15-,16-,17-/m1/s1. The summed E-state index contributed by atoms with van der Waals surface area (Å²) in [6, 6.07) is 4.13. The number of rotatable bonds is 0. The molecular weight excluding hydrogens is 298 g/mol. The fourth-order valence-corrected chi connectivity index (χ4v) is 4.99. The van der Waals surface area contributed by atoms with Gasteiger partial charge in [0.15, 0.2) is 17.8 Å². The van der Waals surface area contributed by atoms with E-state index in [0.29, 0.717) is 23.5 Å². The quantitative estimate of drug-likeness (QED) is 0.743. The normalized spacial score (nSPS) is 41.3. The van der Waals surface area contributed by atoms with Gasteiger partial charge in [-0.2, -0.15) is 0 Å². The van der Waals surface area contributed by atoms with Crippen molar-refractivity contribution in [2.75, 3.05) is 20.4 Å². The highest BCUT2D eigenvalue weighted by Gasteiger charge is 2.53. The van der Waals surface area contributed by atoms with Gasteiger partial charge in [0.05, 0.1) is 12.2 Å². The molecule has 1 aromatic rings. The van der Waals surface area contributed by atoms with E-state index in [9.17, 15) is 10.2 Å². The summed E-state index contributed by atoms with van der Waals surface area (Å²) in [4.78, 5) is 2.36. The zero-order chi connectivity index (χ0) is 15.7. The number of aliphatic hydroxyl groups is 2. The molecule has 0 radical (unpaired) electrons. The van der Waals surface area contributed by atoms with Crippen molar-refractivity contribution in [2.45, 2.75) is 43.3 Å². The number of hydrogen-bond donors (Lipinski definition) is 2. The largest absolute Gasteiger partial charge is 0.454 e. The molecule has 1 saturated heterocycles. The Bertz CT molecular complexity index is 650. The van der Waals surface area contributed by atoms with Crippen molar-refractivity contribution in [2.24, 2.45) is 5.92 Å². The third kappa shape index (κ3) is 1.89. The minimum atomic E-state index is -1.03. The maximum Gasteiger partial charge on any atom is 0.231 e. The molecule has 2 fully saturated rings. The van der Waals surface area contributed by atoms with Crippen LogP contribution in [0, 0.1) is 5.92 Å². The second-order valence-electron chi connectivity index (χ2n) is 7.14. The van der Waals surface area contributed by atoms with E-state index in [1.54, 1.807) is 0 Å². The van der Waals surface area contributed by atoms with Crippen molar-refractivity contribution in [3.63, 3.8) is 0 Å². The summed E-state index contributed by atoms with van der Waals surface area (Å²) >= 11 is 0. The van der Waals surface area contributed by atoms with Gasteiger partial charge in [0.2, 0.25) is 6.79 Å². The average molecular weight is 319 g/mol. The van der Waals surface area contributed by atoms with Crippen LogP contribution in [-0.2, 0) is 4.74 Å². The molecule has 23 heavy (non-hydrogen) atoms. The first kappa shape index (κ1) is 14.0. The number of benzene rings is 1. The first-order valence-corrected chi connectivity index (χ1v) is 8.29. The van der Waals surface area contributed by atoms with E-state index in [-0.39, 0.29) is 18.8 Å². The van der Waals surface area contributed by atoms with Crippen LogP contribution < -0.4 is 9.47 Å². The van der Waals surface area contributed by atoms with Crippen molar-refractivity contribution in [1.82, 2.24) is 4.90 Å². The zero-order valence-corrected chi connectivity index (χ0v) is 13.0. The molecule has 0 amide bonds. The van der Waals surface area contributed by atoms with Gasteiger partial charge in [-0.05, 0) is 50.0 Å². The smallest absolute Gasteiger partial charge is 0.231 e. The minimum absolute atomic E-state index is 0.0455. The van der Waals surface area contributed by atoms with Gasteiger partial charge in [-0.25, -0.2) is 0 Å². The molecule has 6 atom stereocenters. The second-order valence-corrected chi connectivity index (χ2v) is 7.14. The van der Waals surface area contributed by atoms with E-state index in [4.69, 9.17) is 14.2 Å². The lowest BCUT2D eigenvalue weighted by Crippen LogP contribution is -2.54. The molecule has 6 nitrogen and oxygen atoms in total. The molecule has 6 heteroatoms. The van der Waals surface area contributed by atoms with Crippen LogP contribution >= 0.6 is 0 Å². The molecule has 0 bridgehead atoms. The molecule has 5 rings (SSSR count). The summed E-state index contributed by atoms with van der Waals surface area (Å²) in [7, 11) is 2.14. The molecule has 0 aromatic heterocycles. The maximum absolute atomic E-state index is 10.6. The van der Waals surface area contributed by atoms with Crippen LogP contribution in [0.3, 0.4) is 0 Å². The molecule has 1 saturated carbocycles. The van der Waals surface area contributed by atoms with E-state index < -0.39 is 12.4 Å². The molecular formula is C17H21NO5. The Labute approximate surface area is 134 Å². The van der Waals surface area contributed by atoms with Gasteiger partial charge in [0, 0.05) is 17.5 Å². The lowest BCUT2D eigenvalue weighted by molar-refractivity contribution is -0.205. The second kappa shape index (κ2) is 4.83. The van der Waals surface area contributed by atoms with Gasteiger partial charge in [-0.15, -0.1) is 0 Å². The maximum atomic E-state index is 10.6. The number of likely N-dealkylation sites (tertiary alicyclic amines) is 1. The molecule has 1 aromatic carbocycles. The van der Waals surface area contributed by atoms with Crippen molar-refractivity contribution < 1.29 is 24.4 Å². The van der Waals surface area contributed by atoms with Crippen molar-refractivity contribution >= 4 is 0 Å². The summed E-state index contributed by atoms with van der Waals surface area (Å²) in [6.45, 7) is 1.24. The highest BCUT2D eigenvalue weighted by atomic mass is 16.7. The Kier molecular flexibility index (Phi) is 2.95. The lowest BCUT2D eigenvalue weighted by atomic mass is 9.69. The summed E-state index contributed by atoms with van der Waals surface area (Å²) in [5, 5.41) is 21.0. The summed E-state index contributed by atoms with van der Waals surface area (Å²) in [5.74, 6) is 1.88. The Morgan fingerprint density at radius 2 is 1.87 bits per heavy atom. The Hall–Kier alpha value is -1.34. The highest BCUT2D eigenvalue weighted by Crippen LogP contribution is 2.52. The van der Waals surface area contributed by atoms with E-state index in [1.165, 1.54) is 0 Å². The molecule has 1 aliphatic carbocycles. The van der Waals surface area contributed by atoms with Crippen molar-refractivity contribution in [3.05, 3.63) is 23.3 Å². The first-order valence-electron chi connectivity index (χ1n) is 8.29. The lowest BCUT2D eigenvalue weighted by Gasteiger charge is -2.48. The Balaban J connectivity index is 1.66. The summed E-state index contributed by atoms with van der Waals surface area (Å²) in [6.07, 6.45) is -0.105.